The molecular formula is C42H66O6. The Kier molecular flexibility index (Phi) is 13.3. The van der Waals surface area contributed by atoms with E-state index in [4.69, 9.17) is 9.47 Å². The van der Waals surface area contributed by atoms with E-state index in [1.807, 2.05) is 32.9 Å². The van der Waals surface area contributed by atoms with Gasteiger partial charge >= 0.3 is 0 Å². The van der Waals surface area contributed by atoms with Crippen LogP contribution in [0.2, 0.25) is 0 Å². The van der Waals surface area contributed by atoms with Gasteiger partial charge in [0.15, 0.2) is 12.1 Å². The summed E-state index contributed by atoms with van der Waals surface area (Å²) in [7, 11) is 0. The number of hydrogen-bond donors (Lipinski definition) is 3. The minimum Gasteiger partial charge on any atom is -0.393 e. The minimum atomic E-state index is -0.953. The highest BCUT2D eigenvalue weighted by Gasteiger charge is 2.76. The zero-order valence-corrected chi connectivity index (χ0v) is 31.9. The number of allylic oxidation sites excluding steroid dienone is 11. The van der Waals surface area contributed by atoms with E-state index in [0.717, 1.165) is 49.7 Å². The number of Topliss-reactive ketones (excluding diaryl/α,β-unsaturated/α-hetero) is 1. The third kappa shape index (κ3) is 10.2. The van der Waals surface area contributed by atoms with E-state index in [2.05, 4.69) is 78.8 Å². The Bertz CT molecular complexity index is 1320. The van der Waals surface area contributed by atoms with E-state index < -0.39 is 23.1 Å². The molecule has 0 bridgehead atoms. The van der Waals surface area contributed by atoms with Gasteiger partial charge in [0.1, 0.15) is 5.60 Å². The molecule has 2 aliphatic carbocycles. The number of rotatable bonds is 15. The van der Waals surface area contributed by atoms with Gasteiger partial charge in [0.2, 0.25) is 0 Å². The Balaban J connectivity index is 1.42. The summed E-state index contributed by atoms with van der Waals surface area (Å²) in [5.74, 6) is 0.108. The average Bonchev–Trinajstić information content (AvgIpc) is 3.53. The third-order valence-electron chi connectivity index (χ3n) is 11.1. The molecule has 6 heteroatoms. The topological polar surface area (TPSA) is 99.5 Å². The first kappa shape index (κ1) is 40.3. The van der Waals surface area contributed by atoms with Crippen LogP contribution < -0.4 is 0 Å². The molecule has 0 aromatic heterocycles. The van der Waals surface area contributed by atoms with Gasteiger partial charge in [0.25, 0.3) is 0 Å². The molecule has 6 atom stereocenters. The second-order valence-electron chi connectivity index (χ2n) is 16.8. The third-order valence-corrected chi connectivity index (χ3v) is 11.1. The van der Waals surface area contributed by atoms with Gasteiger partial charge in [-0.3, -0.25) is 4.79 Å². The van der Waals surface area contributed by atoms with Crippen molar-refractivity contribution in [3.63, 3.8) is 0 Å². The number of fused-ring (bicyclic) bond motifs is 1. The molecule has 1 heterocycles. The standard InChI is InChI=1S/C42H66O6/c1-29(18-14-19-31(3)22-23-37-38(6,7)26-35(47-33(5)43)27-40(37,10)46)16-12-13-17-30(2)20-15-21-32(4)36(45)28-42-39(8,9)24-34(44)25-41(42,11)48-42/h15-17,19-21,23,33-35,43-44,46H,12-14,18,22,24-28H2,1-11H3/b20-15+,29-16+,30-17+,31-19+,32-21+,37-23+/t33?,34-,35-,40+,41+,42-/m0/s1. The van der Waals surface area contributed by atoms with Gasteiger partial charge in [0.05, 0.1) is 23.4 Å². The summed E-state index contributed by atoms with van der Waals surface area (Å²) in [6.07, 6.45) is 21.3. The Labute approximate surface area is 291 Å². The molecule has 0 aromatic carbocycles. The maximum absolute atomic E-state index is 13.1. The molecule has 3 N–H and O–H groups in total. The first-order valence-corrected chi connectivity index (χ1v) is 18.1. The monoisotopic (exact) mass is 666 g/mol. The number of carbonyl (C=O) groups is 1. The minimum absolute atomic E-state index is 0.108. The number of carbonyl (C=O) groups excluding carboxylic acids is 1. The van der Waals surface area contributed by atoms with E-state index in [1.54, 1.807) is 6.92 Å². The summed E-state index contributed by atoms with van der Waals surface area (Å²) in [5.41, 5.74) is 3.35. The lowest BCUT2D eigenvalue weighted by atomic mass is 9.61. The lowest BCUT2D eigenvalue weighted by molar-refractivity contribution is -0.157. The fourth-order valence-corrected chi connectivity index (χ4v) is 8.57. The Morgan fingerprint density at radius 1 is 0.938 bits per heavy atom. The van der Waals surface area contributed by atoms with Crippen molar-refractivity contribution >= 4 is 5.78 Å². The molecule has 0 amide bonds. The molecule has 2 saturated carbocycles. The number of unbranched alkanes of at least 4 members (excludes halogenated alkanes) is 1. The molecule has 3 fully saturated rings. The fourth-order valence-electron chi connectivity index (χ4n) is 8.57. The number of epoxide rings is 1. The van der Waals surface area contributed by atoms with Gasteiger partial charge in [-0.25, -0.2) is 0 Å². The number of ether oxygens (including phenoxy) is 2. The fraction of sp³-hybridized carbons (Fsp3) is 0.690. The normalized spacial score (nSPS) is 34.0. The van der Waals surface area contributed by atoms with Crippen molar-refractivity contribution < 1.29 is 29.6 Å². The van der Waals surface area contributed by atoms with Crippen molar-refractivity contribution in [2.24, 2.45) is 10.8 Å². The molecule has 270 valence electrons. The van der Waals surface area contributed by atoms with Crippen LogP contribution in [0.15, 0.2) is 70.4 Å². The van der Waals surface area contributed by atoms with Crippen LogP contribution >= 0.6 is 0 Å². The summed E-state index contributed by atoms with van der Waals surface area (Å²) in [4.78, 5) is 13.1. The Hall–Kier alpha value is -2.09. The van der Waals surface area contributed by atoms with Gasteiger partial charge in [-0.15, -0.1) is 0 Å². The van der Waals surface area contributed by atoms with Crippen LogP contribution in [-0.4, -0.2) is 56.4 Å². The van der Waals surface area contributed by atoms with Gasteiger partial charge in [0, 0.05) is 19.3 Å². The first-order chi connectivity index (χ1) is 22.1. The van der Waals surface area contributed by atoms with Crippen molar-refractivity contribution in [3.8, 4) is 0 Å². The van der Waals surface area contributed by atoms with E-state index in [0.29, 0.717) is 25.7 Å². The smallest absolute Gasteiger partial charge is 0.161 e. The molecule has 0 aromatic rings. The van der Waals surface area contributed by atoms with E-state index in [9.17, 15) is 20.1 Å². The van der Waals surface area contributed by atoms with E-state index in [1.165, 1.54) is 16.7 Å². The SMILES string of the molecule is CC(/C=C/C=C(\C)C(=O)C[C@@]12O[C@]1(C)C[C@@H](O)CC2(C)C)=C\CC/C=C(\C)CC/C=C(\C)C/C=C1\C(C)(C)C[C@H](OC(C)O)C[C@@]1(C)O. The summed E-state index contributed by atoms with van der Waals surface area (Å²) >= 11 is 0. The predicted octanol–water partition coefficient (Wildman–Crippen LogP) is 9.17. The molecule has 6 nitrogen and oxygen atoms in total. The summed E-state index contributed by atoms with van der Waals surface area (Å²) in [5, 5.41) is 31.2. The van der Waals surface area contributed by atoms with Gasteiger partial charge in [-0.2, -0.15) is 0 Å². The number of aliphatic hydroxyl groups is 3. The zero-order chi connectivity index (χ0) is 36.1. The lowest BCUT2D eigenvalue weighted by Gasteiger charge is -2.46. The lowest BCUT2D eigenvalue weighted by Crippen LogP contribution is -2.48. The maximum atomic E-state index is 13.1. The number of aliphatic hydroxyl groups excluding tert-OH is 2. The predicted molar refractivity (Wildman–Crippen MR) is 196 cm³/mol. The highest BCUT2D eigenvalue weighted by Crippen LogP contribution is 2.67. The van der Waals surface area contributed by atoms with Gasteiger partial charge in [-0.1, -0.05) is 86.9 Å². The molecule has 3 aliphatic rings. The Morgan fingerprint density at radius 2 is 1.58 bits per heavy atom. The first-order valence-electron chi connectivity index (χ1n) is 18.1. The molecule has 48 heavy (non-hydrogen) atoms. The second-order valence-corrected chi connectivity index (χ2v) is 16.8. The quantitative estimate of drug-likeness (QED) is 0.0403. The van der Waals surface area contributed by atoms with Crippen molar-refractivity contribution in [3.05, 3.63) is 70.4 Å². The summed E-state index contributed by atoms with van der Waals surface area (Å²) in [6.45, 7) is 22.4. The molecule has 1 saturated heterocycles. The summed E-state index contributed by atoms with van der Waals surface area (Å²) < 4.78 is 11.8. The number of hydrogen-bond acceptors (Lipinski definition) is 6. The molecule has 1 unspecified atom stereocenters. The number of ketones is 1. The van der Waals surface area contributed by atoms with Crippen LogP contribution in [-0.2, 0) is 14.3 Å². The van der Waals surface area contributed by atoms with E-state index in [-0.39, 0.29) is 28.8 Å². The van der Waals surface area contributed by atoms with Crippen LogP contribution in [0, 0.1) is 10.8 Å². The highest BCUT2D eigenvalue weighted by molar-refractivity contribution is 5.96. The molecule has 0 radical (unpaired) electrons. The van der Waals surface area contributed by atoms with Gasteiger partial charge < -0.3 is 24.8 Å². The summed E-state index contributed by atoms with van der Waals surface area (Å²) in [6, 6.07) is 0. The van der Waals surface area contributed by atoms with Crippen LogP contribution in [0.25, 0.3) is 0 Å². The average molecular weight is 667 g/mol. The van der Waals surface area contributed by atoms with E-state index >= 15 is 0 Å². The second kappa shape index (κ2) is 15.9. The molecule has 1 aliphatic heterocycles. The highest BCUT2D eigenvalue weighted by atomic mass is 16.6. The van der Waals surface area contributed by atoms with Crippen LogP contribution in [0.3, 0.4) is 0 Å². The van der Waals surface area contributed by atoms with Gasteiger partial charge in [-0.05, 0) is 115 Å². The molecular weight excluding hydrogens is 600 g/mol. The van der Waals surface area contributed by atoms with Crippen molar-refractivity contribution in [2.75, 3.05) is 0 Å². The van der Waals surface area contributed by atoms with Crippen LogP contribution in [0.1, 0.15) is 140 Å². The molecule has 0 spiro atoms. The van der Waals surface area contributed by atoms with Crippen molar-refractivity contribution in [1.82, 2.24) is 0 Å². The Morgan fingerprint density at radius 3 is 2.21 bits per heavy atom. The molecule has 3 rings (SSSR count). The van der Waals surface area contributed by atoms with Crippen LogP contribution in [0.5, 0.6) is 0 Å². The van der Waals surface area contributed by atoms with Crippen LogP contribution in [0.4, 0.5) is 0 Å². The van der Waals surface area contributed by atoms with Crippen molar-refractivity contribution in [1.29, 1.82) is 0 Å². The zero-order valence-electron chi connectivity index (χ0n) is 31.9. The van der Waals surface area contributed by atoms with Crippen molar-refractivity contribution in [2.45, 2.75) is 176 Å². The maximum Gasteiger partial charge on any atom is 0.161 e. The largest absolute Gasteiger partial charge is 0.393 e.